The zero-order chi connectivity index (χ0) is 20.4. The molecule has 9 heteroatoms. The predicted molar refractivity (Wildman–Crippen MR) is 91.7 cm³/mol. The van der Waals surface area contributed by atoms with Gasteiger partial charge in [-0.05, 0) is 63.6 Å². The lowest BCUT2D eigenvalue weighted by molar-refractivity contribution is -0.138. The maximum atomic E-state index is 13.3. The lowest BCUT2D eigenvalue weighted by atomic mass is 9.88. The molecule has 0 radical (unpaired) electrons. The summed E-state index contributed by atoms with van der Waals surface area (Å²) >= 11 is 0. The molecule has 0 spiro atoms. The maximum absolute atomic E-state index is 13.3. The number of hydrogen-bond acceptors (Lipinski definition) is 5. The molecular weight excluding hydrogens is 365 g/mol. The summed E-state index contributed by atoms with van der Waals surface area (Å²) in [5.74, 6) is -0.00464. The number of alkyl halides is 3. The van der Waals surface area contributed by atoms with Crippen LogP contribution in [0, 0.1) is 5.92 Å². The molecule has 0 bridgehead atoms. The van der Waals surface area contributed by atoms with E-state index in [1.165, 1.54) is 12.1 Å². The second kappa shape index (κ2) is 7.93. The van der Waals surface area contributed by atoms with E-state index in [-0.39, 0.29) is 28.8 Å². The van der Waals surface area contributed by atoms with Crippen LogP contribution in [0.3, 0.4) is 0 Å². The molecule has 0 saturated carbocycles. The van der Waals surface area contributed by atoms with Gasteiger partial charge in [0.15, 0.2) is 0 Å². The molecule has 0 atom stereocenters. The largest absolute Gasteiger partial charge is 0.444 e. The molecule has 1 fully saturated rings. The molecule has 152 valence electrons. The number of piperidine rings is 1. The van der Waals surface area contributed by atoms with Crippen molar-refractivity contribution in [3.63, 3.8) is 0 Å². The van der Waals surface area contributed by atoms with Crippen LogP contribution in [0.25, 0.3) is 0 Å². The van der Waals surface area contributed by atoms with Gasteiger partial charge in [-0.2, -0.15) is 13.2 Å². The van der Waals surface area contributed by atoms with Gasteiger partial charge in [0.25, 0.3) is 0 Å². The summed E-state index contributed by atoms with van der Waals surface area (Å²) in [5.41, 5.74) is -1.73. The summed E-state index contributed by atoms with van der Waals surface area (Å²) in [7, 11) is 0. The Labute approximate surface area is 156 Å². The number of likely N-dealkylation sites (tertiary alicyclic amines) is 1. The van der Waals surface area contributed by atoms with E-state index >= 15 is 0 Å². The molecule has 1 amide bonds. The van der Waals surface area contributed by atoms with Crippen LogP contribution in [0.1, 0.15) is 44.7 Å². The van der Waals surface area contributed by atoms with Gasteiger partial charge in [0, 0.05) is 13.1 Å². The molecule has 6 nitrogen and oxygen atoms in total. The SMILES string of the molecule is CC(C)(C)OC(=O)N1CCC(Cc2ccc(N(O)O)cc2C(F)(F)F)CC1. The molecule has 1 heterocycles. The first-order valence-corrected chi connectivity index (χ1v) is 8.73. The molecule has 1 saturated heterocycles. The minimum atomic E-state index is -4.60. The Hall–Kier alpha value is -2.00. The molecule has 1 aromatic carbocycles. The van der Waals surface area contributed by atoms with Crippen LogP contribution in [0.15, 0.2) is 18.2 Å². The first-order valence-electron chi connectivity index (χ1n) is 8.73. The first-order chi connectivity index (χ1) is 12.4. The molecule has 2 rings (SSSR count). The van der Waals surface area contributed by atoms with Crippen LogP contribution in [0.4, 0.5) is 23.7 Å². The van der Waals surface area contributed by atoms with Crippen molar-refractivity contribution in [1.82, 2.24) is 4.90 Å². The quantitative estimate of drug-likeness (QED) is 0.745. The molecular formula is C18H25F3N2O4. The Kier molecular flexibility index (Phi) is 6.26. The zero-order valence-electron chi connectivity index (χ0n) is 15.6. The average molecular weight is 390 g/mol. The fourth-order valence-electron chi connectivity index (χ4n) is 3.09. The van der Waals surface area contributed by atoms with E-state index in [2.05, 4.69) is 0 Å². The van der Waals surface area contributed by atoms with Crippen LogP contribution in [-0.2, 0) is 17.3 Å². The predicted octanol–water partition coefficient (Wildman–Crippen LogP) is 4.48. The van der Waals surface area contributed by atoms with Gasteiger partial charge in [0.1, 0.15) is 5.60 Å². The van der Waals surface area contributed by atoms with Crippen molar-refractivity contribution in [2.24, 2.45) is 5.92 Å². The van der Waals surface area contributed by atoms with Gasteiger partial charge in [0.05, 0.1) is 11.3 Å². The number of ether oxygens (including phenoxy) is 1. The van der Waals surface area contributed by atoms with Crippen molar-refractivity contribution in [2.75, 3.05) is 18.3 Å². The molecule has 0 unspecified atom stereocenters. The van der Waals surface area contributed by atoms with Crippen LogP contribution >= 0.6 is 0 Å². The highest BCUT2D eigenvalue weighted by Gasteiger charge is 2.35. The smallest absolute Gasteiger partial charge is 0.416 e. The maximum Gasteiger partial charge on any atom is 0.416 e. The summed E-state index contributed by atoms with van der Waals surface area (Å²) in [5, 5.41) is 17.6. The third kappa shape index (κ3) is 6.00. The normalized spacial score (nSPS) is 16.4. The first kappa shape index (κ1) is 21.3. The van der Waals surface area contributed by atoms with E-state index in [4.69, 9.17) is 15.2 Å². The van der Waals surface area contributed by atoms with Gasteiger partial charge in [-0.1, -0.05) is 6.07 Å². The van der Waals surface area contributed by atoms with Crippen molar-refractivity contribution >= 4 is 11.8 Å². The van der Waals surface area contributed by atoms with E-state index in [1.54, 1.807) is 25.7 Å². The number of halogens is 3. The van der Waals surface area contributed by atoms with E-state index < -0.39 is 23.4 Å². The number of amides is 1. The van der Waals surface area contributed by atoms with Crippen molar-refractivity contribution < 1.29 is 33.1 Å². The van der Waals surface area contributed by atoms with Crippen molar-refractivity contribution in [3.8, 4) is 0 Å². The van der Waals surface area contributed by atoms with Gasteiger partial charge >= 0.3 is 12.3 Å². The molecule has 1 aromatic rings. The Bertz CT molecular complexity index is 664. The highest BCUT2D eigenvalue weighted by molar-refractivity contribution is 5.68. The number of carbonyl (C=O) groups excluding carboxylic acids is 1. The van der Waals surface area contributed by atoms with Crippen molar-refractivity contribution in [3.05, 3.63) is 29.3 Å². The van der Waals surface area contributed by atoms with E-state index in [0.29, 0.717) is 32.0 Å². The second-order valence-corrected chi connectivity index (χ2v) is 7.74. The topological polar surface area (TPSA) is 73.2 Å². The van der Waals surface area contributed by atoms with Crippen molar-refractivity contribution in [2.45, 2.75) is 51.8 Å². The van der Waals surface area contributed by atoms with E-state index in [1.807, 2.05) is 0 Å². The number of rotatable bonds is 3. The Balaban J connectivity index is 2.04. The highest BCUT2D eigenvalue weighted by atomic mass is 19.4. The minimum absolute atomic E-state index is 0.00464. The van der Waals surface area contributed by atoms with Gasteiger partial charge in [-0.3, -0.25) is 10.4 Å². The second-order valence-electron chi connectivity index (χ2n) is 7.74. The highest BCUT2D eigenvalue weighted by Crippen LogP contribution is 2.36. The number of benzene rings is 1. The van der Waals surface area contributed by atoms with E-state index in [9.17, 15) is 18.0 Å². The van der Waals surface area contributed by atoms with Crippen LogP contribution in [0.5, 0.6) is 0 Å². The lowest BCUT2D eigenvalue weighted by Crippen LogP contribution is -2.42. The lowest BCUT2D eigenvalue weighted by Gasteiger charge is -2.33. The molecule has 27 heavy (non-hydrogen) atoms. The molecule has 2 N–H and O–H groups in total. The van der Waals surface area contributed by atoms with Gasteiger partial charge in [0.2, 0.25) is 0 Å². The Morgan fingerprint density at radius 3 is 2.30 bits per heavy atom. The summed E-state index contributed by atoms with van der Waals surface area (Å²) < 4.78 is 45.3. The van der Waals surface area contributed by atoms with Gasteiger partial charge in [-0.25, -0.2) is 4.79 Å². The molecule has 0 aromatic heterocycles. The third-order valence-electron chi connectivity index (χ3n) is 4.40. The zero-order valence-corrected chi connectivity index (χ0v) is 15.6. The summed E-state index contributed by atoms with van der Waals surface area (Å²) in [4.78, 5) is 13.6. The third-order valence-corrected chi connectivity index (χ3v) is 4.40. The molecule has 1 aliphatic heterocycles. The molecule has 1 aliphatic rings. The Morgan fingerprint density at radius 1 is 1.22 bits per heavy atom. The summed E-state index contributed by atoms with van der Waals surface area (Å²) in [6, 6.07) is 3.20. The van der Waals surface area contributed by atoms with Crippen LogP contribution < -0.4 is 5.23 Å². The average Bonchev–Trinajstić information content (AvgIpc) is 2.53. The monoisotopic (exact) mass is 390 g/mol. The standard InChI is InChI=1S/C18H25F3N2O4/c1-17(2,3)27-16(24)22-8-6-12(7-9-22)10-13-4-5-14(23(25)26)11-15(13)18(19,20)21/h4-5,11-12,25-26H,6-10H2,1-3H3. The fraction of sp³-hybridized carbons (Fsp3) is 0.611. The van der Waals surface area contributed by atoms with E-state index in [0.717, 1.165) is 0 Å². The fourth-order valence-corrected chi connectivity index (χ4v) is 3.09. The summed E-state index contributed by atoms with van der Waals surface area (Å²) in [6.45, 7) is 6.19. The number of anilines is 1. The summed E-state index contributed by atoms with van der Waals surface area (Å²) in [6.07, 6.45) is -3.66. The minimum Gasteiger partial charge on any atom is -0.444 e. The van der Waals surface area contributed by atoms with Gasteiger partial charge in [-0.15, -0.1) is 5.23 Å². The van der Waals surface area contributed by atoms with Crippen LogP contribution in [-0.4, -0.2) is 40.1 Å². The number of nitrogens with zero attached hydrogens (tertiary/aromatic N) is 2. The Morgan fingerprint density at radius 2 is 1.81 bits per heavy atom. The number of carbonyl (C=O) groups is 1. The van der Waals surface area contributed by atoms with Gasteiger partial charge < -0.3 is 9.64 Å². The van der Waals surface area contributed by atoms with Crippen molar-refractivity contribution in [1.29, 1.82) is 0 Å². The van der Waals surface area contributed by atoms with Crippen LogP contribution in [0.2, 0.25) is 0 Å². The number of hydrogen-bond donors (Lipinski definition) is 2. The molecule has 0 aliphatic carbocycles.